The van der Waals surface area contributed by atoms with Gasteiger partial charge in [-0.1, -0.05) is 31.5 Å². The van der Waals surface area contributed by atoms with Crippen molar-refractivity contribution in [3.63, 3.8) is 0 Å². The average Bonchev–Trinajstić information content (AvgIpc) is 2.96. The fourth-order valence-corrected chi connectivity index (χ4v) is 6.16. The van der Waals surface area contributed by atoms with E-state index in [1.54, 1.807) is 17.4 Å². The van der Waals surface area contributed by atoms with Crippen LogP contribution in [0.15, 0.2) is 18.2 Å². The molecule has 0 amide bonds. The molecule has 1 saturated carbocycles. The van der Waals surface area contributed by atoms with E-state index in [0.717, 1.165) is 22.8 Å². The van der Waals surface area contributed by atoms with E-state index in [4.69, 9.17) is 21.4 Å². The van der Waals surface area contributed by atoms with E-state index in [9.17, 15) is 4.79 Å². The van der Waals surface area contributed by atoms with Crippen LogP contribution in [0.5, 0.6) is 5.75 Å². The lowest BCUT2D eigenvalue weighted by molar-refractivity contribution is 0.0986. The second-order valence-corrected chi connectivity index (χ2v) is 9.88. The molecule has 5 heteroatoms. The Kier molecular flexibility index (Phi) is 4.86. The number of benzene rings is 1. The molecule has 0 bridgehead atoms. The van der Waals surface area contributed by atoms with Crippen LogP contribution in [-0.2, 0) is 12.8 Å². The van der Waals surface area contributed by atoms with Gasteiger partial charge >= 0.3 is 0 Å². The highest BCUT2D eigenvalue weighted by atomic mass is 35.5. The number of halogens is 1. The molecular weight excluding hydrogens is 380 g/mol. The summed E-state index contributed by atoms with van der Waals surface area (Å²) in [6.07, 6.45) is 2.24. The topological polar surface area (TPSA) is 46.5 Å². The van der Waals surface area contributed by atoms with Gasteiger partial charge in [-0.2, -0.15) is 0 Å². The SMILES string of the molecule is Cc1sc(C(=O)CCc2ccc(OCCO)c(Cl)c2)c2c1[C@H]1[C@@H](C2)C1(C)C. The van der Waals surface area contributed by atoms with Crippen LogP contribution in [0.3, 0.4) is 0 Å². The molecule has 1 N–H and O–H groups in total. The maximum Gasteiger partial charge on any atom is 0.173 e. The number of carbonyl (C=O) groups is 1. The molecule has 0 saturated heterocycles. The van der Waals surface area contributed by atoms with Crippen LogP contribution < -0.4 is 4.74 Å². The van der Waals surface area contributed by atoms with Crippen LogP contribution in [0, 0.1) is 18.3 Å². The van der Waals surface area contributed by atoms with Gasteiger partial charge in [0.15, 0.2) is 5.78 Å². The molecule has 2 aromatic rings. The lowest BCUT2D eigenvalue weighted by Gasteiger charge is -2.10. The Morgan fingerprint density at radius 2 is 2.19 bits per heavy atom. The average molecular weight is 405 g/mol. The summed E-state index contributed by atoms with van der Waals surface area (Å²) in [7, 11) is 0. The molecule has 2 atom stereocenters. The predicted octanol–water partition coefficient (Wildman–Crippen LogP) is 5.19. The first-order valence-corrected chi connectivity index (χ1v) is 10.7. The Morgan fingerprint density at radius 1 is 1.41 bits per heavy atom. The molecule has 27 heavy (non-hydrogen) atoms. The summed E-state index contributed by atoms with van der Waals surface area (Å²) in [5.41, 5.74) is 4.25. The third-order valence-electron chi connectivity index (χ3n) is 6.26. The van der Waals surface area contributed by atoms with Crippen molar-refractivity contribution in [3.8, 4) is 5.75 Å². The second-order valence-electron chi connectivity index (χ2n) is 8.25. The van der Waals surface area contributed by atoms with Crippen molar-refractivity contribution in [2.24, 2.45) is 11.3 Å². The molecule has 2 aliphatic carbocycles. The first-order valence-electron chi connectivity index (χ1n) is 9.52. The van der Waals surface area contributed by atoms with Crippen molar-refractivity contribution in [1.29, 1.82) is 0 Å². The fourth-order valence-electron chi connectivity index (χ4n) is 4.70. The number of aliphatic hydroxyl groups excluding tert-OH is 1. The zero-order valence-electron chi connectivity index (χ0n) is 16.0. The highest BCUT2D eigenvalue weighted by Gasteiger charge is 2.63. The molecule has 1 heterocycles. The summed E-state index contributed by atoms with van der Waals surface area (Å²) in [6, 6.07) is 5.59. The number of ether oxygens (including phenoxy) is 1. The second kappa shape index (κ2) is 6.91. The van der Waals surface area contributed by atoms with Gasteiger partial charge in [0, 0.05) is 11.3 Å². The number of carbonyl (C=O) groups excluding carboxylic acids is 1. The molecule has 1 aromatic heterocycles. The van der Waals surface area contributed by atoms with E-state index in [-0.39, 0.29) is 19.0 Å². The summed E-state index contributed by atoms with van der Waals surface area (Å²) in [5, 5.41) is 9.36. The summed E-state index contributed by atoms with van der Waals surface area (Å²) >= 11 is 7.92. The quantitative estimate of drug-likeness (QED) is 0.645. The van der Waals surface area contributed by atoms with E-state index in [2.05, 4.69) is 20.8 Å². The van der Waals surface area contributed by atoms with Crippen molar-refractivity contribution in [3.05, 3.63) is 49.7 Å². The largest absolute Gasteiger partial charge is 0.490 e. The molecule has 0 radical (unpaired) electrons. The van der Waals surface area contributed by atoms with E-state index in [0.29, 0.717) is 34.9 Å². The number of ketones is 1. The first-order chi connectivity index (χ1) is 12.8. The Hall–Kier alpha value is -1.36. The summed E-state index contributed by atoms with van der Waals surface area (Å²) < 4.78 is 5.37. The molecular formula is C22H25ClO3S. The van der Waals surface area contributed by atoms with Crippen molar-refractivity contribution in [1.82, 2.24) is 0 Å². The third kappa shape index (κ3) is 3.22. The van der Waals surface area contributed by atoms with E-state index >= 15 is 0 Å². The van der Waals surface area contributed by atoms with E-state index in [1.165, 1.54) is 16.0 Å². The molecule has 0 spiro atoms. The monoisotopic (exact) mass is 404 g/mol. The van der Waals surface area contributed by atoms with E-state index in [1.807, 2.05) is 12.1 Å². The van der Waals surface area contributed by atoms with Crippen LogP contribution in [-0.4, -0.2) is 24.1 Å². The van der Waals surface area contributed by atoms with Crippen LogP contribution in [0.25, 0.3) is 0 Å². The molecule has 1 fully saturated rings. The maximum absolute atomic E-state index is 12.9. The predicted molar refractivity (Wildman–Crippen MR) is 109 cm³/mol. The highest BCUT2D eigenvalue weighted by Crippen LogP contribution is 2.71. The van der Waals surface area contributed by atoms with Gasteiger partial charge in [-0.05, 0) is 65.8 Å². The normalized spacial score (nSPS) is 21.7. The minimum absolute atomic E-state index is 0.0456. The van der Waals surface area contributed by atoms with Crippen LogP contribution in [0.1, 0.15) is 57.4 Å². The van der Waals surface area contributed by atoms with Crippen molar-refractivity contribution in [2.75, 3.05) is 13.2 Å². The van der Waals surface area contributed by atoms with Crippen molar-refractivity contribution in [2.45, 2.75) is 46.0 Å². The fraction of sp³-hybridized carbons (Fsp3) is 0.500. The molecule has 2 aliphatic rings. The molecule has 3 nitrogen and oxygen atoms in total. The van der Waals surface area contributed by atoms with Gasteiger partial charge in [-0.3, -0.25) is 4.79 Å². The van der Waals surface area contributed by atoms with Gasteiger partial charge in [-0.15, -0.1) is 11.3 Å². The maximum atomic E-state index is 12.9. The Morgan fingerprint density at radius 3 is 2.89 bits per heavy atom. The molecule has 0 unspecified atom stereocenters. The zero-order chi connectivity index (χ0) is 19.3. The third-order valence-corrected chi connectivity index (χ3v) is 7.76. The Bertz CT molecular complexity index is 899. The van der Waals surface area contributed by atoms with Crippen molar-refractivity contribution < 1.29 is 14.6 Å². The number of thiophene rings is 1. The number of aliphatic hydroxyl groups is 1. The molecule has 1 aromatic carbocycles. The standard InChI is InChI=1S/C22H25ClO3S/c1-12-19-14(11-15-20(19)22(15,2)3)21(27-12)17(25)6-4-13-5-7-18(16(23)10-13)26-9-8-24/h5,7,10,15,20,24H,4,6,8-9,11H2,1-3H3/t15-,20-/m1/s1. The number of hydrogen-bond acceptors (Lipinski definition) is 4. The van der Waals surface area contributed by atoms with Gasteiger partial charge in [-0.25, -0.2) is 0 Å². The minimum atomic E-state index is -0.0456. The lowest BCUT2D eigenvalue weighted by Crippen LogP contribution is -2.05. The number of hydrogen-bond donors (Lipinski definition) is 1. The van der Waals surface area contributed by atoms with Gasteiger partial charge < -0.3 is 9.84 Å². The highest BCUT2D eigenvalue weighted by molar-refractivity contribution is 7.14. The number of Topliss-reactive ketones (excluding diaryl/α,β-unsaturated/α-hetero) is 1. The van der Waals surface area contributed by atoms with Gasteiger partial charge in [0.25, 0.3) is 0 Å². The van der Waals surface area contributed by atoms with Crippen LogP contribution >= 0.6 is 22.9 Å². The Labute approximate surface area is 169 Å². The van der Waals surface area contributed by atoms with Crippen LogP contribution in [0.2, 0.25) is 5.02 Å². The smallest absolute Gasteiger partial charge is 0.173 e. The molecule has 4 rings (SSSR count). The number of aryl methyl sites for hydroxylation is 2. The van der Waals surface area contributed by atoms with Gasteiger partial charge in [0.05, 0.1) is 16.5 Å². The molecule has 0 aliphatic heterocycles. The first kappa shape index (κ1) is 19.0. The zero-order valence-corrected chi connectivity index (χ0v) is 17.5. The van der Waals surface area contributed by atoms with Gasteiger partial charge in [0.1, 0.15) is 12.4 Å². The van der Waals surface area contributed by atoms with Crippen LogP contribution in [0.4, 0.5) is 0 Å². The summed E-state index contributed by atoms with van der Waals surface area (Å²) in [5.74, 6) is 2.21. The lowest BCUT2D eigenvalue weighted by atomic mass is 9.94. The molecule has 144 valence electrons. The number of rotatable bonds is 7. The van der Waals surface area contributed by atoms with Gasteiger partial charge in [0.2, 0.25) is 0 Å². The summed E-state index contributed by atoms with van der Waals surface area (Å²) in [6.45, 7) is 7.04. The van der Waals surface area contributed by atoms with Crippen molar-refractivity contribution >= 4 is 28.7 Å². The summed E-state index contributed by atoms with van der Waals surface area (Å²) in [4.78, 5) is 15.2. The number of fused-ring (bicyclic) bond motifs is 3. The Balaban J connectivity index is 1.43. The van der Waals surface area contributed by atoms with E-state index < -0.39 is 0 Å². The minimum Gasteiger partial charge on any atom is -0.490 e.